The third kappa shape index (κ3) is 7.16. The summed E-state index contributed by atoms with van der Waals surface area (Å²) >= 11 is 12.6. The van der Waals surface area contributed by atoms with E-state index in [0.29, 0.717) is 15.6 Å². The summed E-state index contributed by atoms with van der Waals surface area (Å²) in [6, 6.07) is 19.0. The van der Waals surface area contributed by atoms with Gasteiger partial charge in [0.1, 0.15) is 12.6 Å². The molecule has 0 heterocycles. The van der Waals surface area contributed by atoms with E-state index in [4.69, 9.17) is 23.2 Å². The third-order valence-corrected chi connectivity index (χ3v) is 9.54. The third-order valence-electron chi connectivity index (χ3n) is 7.15. The molecule has 0 aliphatic heterocycles. The molecule has 10 heteroatoms. The molecule has 1 unspecified atom stereocenters. The maximum absolute atomic E-state index is 14.0. The Morgan fingerprint density at radius 3 is 2.30 bits per heavy atom. The molecule has 0 radical (unpaired) electrons. The first kappa shape index (κ1) is 29.9. The van der Waals surface area contributed by atoms with Gasteiger partial charge in [0.25, 0.3) is 10.0 Å². The highest BCUT2D eigenvalue weighted by atomic mass is 35.5. The number of sulfonamides is 1. The van der Waals surface area contributed by atoms with Crippen LogP contribution >= 0.6 is 23.2 Å². The van der Waals surface area contributed by atoms with Crippen LogP contribution in [0.5, 0.6) is 0 Å². The van der Waals surface area contributed by atoms with Crippen molar-refractivity contribution >= 4 is 50.7 Å². The number of rotatable bonds is 10. The van der Waals surface area contributed by atoms with Crippen LogP contribution in [-0.2, 0) is 26.2 Å². The van der Waals surface area contributed by atoms with Crippen molar-refractivity contribution in [3.8, 4) is 0 Å². The van der Waals surface area contributed by atoms with E-state index in [-0.39, 0.29) is 29.1 Å². The Balaban J connectivity index is 1.69. The summed E-state index contributed by atoms with van der Waals surface area (Å²) in [6.07, 6.45) is 3.89. The topological polar surface area (TPSA) is 86.8 Å². The Hall–Kier alpha value is -3.07. The van der Waals surface area contributed by atoms with Crippen LogP contribution in [-0.4, -0.2) is 43.8 Å². The lowest BCUT2D eigenvalue weighted by atomic mass is 10.1. The van der Waals surface area contributed by atoms with Crippen LogP contribution in [0.4, 0.5) is 5.69 Å². The Morgan fingerprint density at radius 2 is 1.65 bits per heavy atom. The van der Waals surface area contributed by atoms with Crippen LogP contribution < -0.4 is 9.62 Å². The number of amides is 2. The first-order valence-electron chi connectivity index (χ1n) is 13.2. The standard InChI is InChI=1S/C30H33Cl2N3O4S/c1-21-14-16-27(17-15-21)40(38,39)35(26-12-7-9-24(31)18-26)20-29(36)34(19-23-8-3-6-13-28(23)32)22(2)30(37)33-25-10-4-5-11-25/h3,6-9,12-18,22,25H,4-5,10-11,19-20H2,1-2H3,(H,33,37). The molecule has 2 amide bonds. The number of hydrogen-bond acceptors (Lipinski definition) is 4. The van der Waals surface area contributed by atoms with Gasteiger partial charge in [-0.2, -0.15) is 0 Å². The average molecular weight is 603 g/mol. The van der Waals surface area contributed by atoms with Gasteiger partial charge in [-0.3, -0.25) is 13.9 Å². The van der Waals surface area contributed by atoms with Crippen LogP contribution in [0.2, 0.25) is 10.0 Å². The molecule has 3 aromatic carbocycles. The highest BCUT2D eigenvalue weighted by molar-refractivity contribution is 7.92. The quantitative estimate of drug-likeness (QED) is 0.310. The molecular weight excluding hydrogens is 569 g/mol. The molecule has 0 bridgehead atoms. The summed E-state index contributed by atoms with van der Waals surface area (Å²) in [5.74, 6) is -0.840. The Labute approximate surface area is 246 Å². The van der Waals surface area contributed by atoms with Gasteiger partial charge < -0.3 is 10.2 Å². The fraction of sp³-hybridized carbons (Fsp3) is 0.333. The van der Waals surface area contributed by atoms with E-state index in [2.05, 4.69) is 5.32 Å². The van der Waals surface area contributed by atoms with Gasteiger partial charge >= 0.3 is 0 Å². The van der Waals surface area contributed by atoms with Gasteiger partial charge in [0.05, 0.1) is 10.6 Å². The molecule has 1 aliphatic rings. The van der Waals surface area contributed by atoms with Crippen LogP contribution in [0.25, 0.3) is 0 Å². The molecule has 1 atom stereocenters. The molecule has 1 aliphatic carbocycles. The van der Waals surface area contributed by atoms with E-state index in [9.17, 15) is 18.0 Å². The minimum atomic E-state index is -4.16. The van der Waals surface area contributed by atoms with Crippen molar-refractivity contribution in [1.29, 1.82) is 0 Å². The molecule has 3 aromatic rings. The highest BCUT2D eigenvalue weighted by Crippen LogP contribution is 2.28. The number of nitrogens with one attached hydrogen (secondary N) is 1. The normalized spacial score (nSPS) is 14.5. The molecule has 1 N–H and O–H groups in total. The molecule has 0 aromatic heterocycles. The monoisotopic (exact) mass is 601 g/mol. The highest BCUT2D eigenvalue weighted by Gasteiger charge is 2.33. The largest absolute Gasteiger partial charge is 0.352 e. The molecule has 0 spiro atoms. The fourth-order valence-electron chi connectivity index (χ4n) is 4.78. The summed E-state index contributed by atoms with van der Waals surface area (Å²) in [6.45, 7) is 3.00. The van der Waals surface area contributed by atoms with Crippen LogP contribution in [0.3, 0.4) is 0 Å². The number of aryl methyl sites for hydroxylation is 1. The van der Waals surface area contributed by atoms with E-state index >= 15 is 0 Å². The van der Waals surface area contributed by atoms with Gasteiger partial charge in [0.2, 0.25) is 11.8 Å². The summed E-state index contributed by atoms with van der Waals surface area (Å²) in [4.78, 5) is 28.7. The maximum atomic E-state index is 14.0. The molecular formula is C30H33Cl2N3O4S. The first-order valence-corrected chi connectivity index (χ1v) is 15.4. The summed E-state index contributed by atoms with van der Waals surface area (Å²) in [5, 5.41) is 3.83. The van der Waals surface area contributed by atoms with E-state index in [1.807, 2.05) is 6.92 Å². The van der Waals surface area contributed by atoms with Gasteiger partial charge in [-0.05, 0) is 68.7 Å². The average Bonchev–Trinajstić information content (AvgIpc) is 3.44. The van der Waals surface area contributed by atoms with E-state index in [1.165, 1.54) is 23.1 Å². The zero-order valence-electron chi connectivity index (χ0n) is 22.5. The Bertz CT molecular complexity index is 1460. The summed E-state index contributed by atoms with van der Waals surface area (Å²) < 4.78 is 28.8. The van der Waals surface area contributed by atoms with Gasteiger partial charge in [0.15, 0.2) is 0 Å². The lowest BCUT2D eigenvalue weighted by Crippen LogP contribution is -2.52. The van der Waals surface area contributed by atoms with E-state index < -0.39 is 28.5 Å². The molecule has 7 nitrogen and oxygen atoms in total. The van der Waals surface area contributed by atoms with Gasteiger partial charge in [-0.1, -0.05) is 78.0 Å². The number of benzene rings is 3. The number of nitrogens with zero attached hydrogens (tertiary/aromatic N) is 2. The molecule has 1 saturated carbocycles. The SMILES string of the molecule is Cc1ccc(S(=O)(=O)N(CC(=O)N(Cc2ccccc2Cl)C(C)C(=O)NC2CCCC2)c2cccc(Cl)c2)cc1. The smallest absolute Gasteiger partial charge is 0.264 e. The number of carbonyl (C=O) groups is 2. The molecule has 0 saturated heterocycles. The number of halogens is 2. The zero-order valence-corrected chi connectivity index (χ0v) is 24.8. The fourth-order valence-corrected chi connectivity index (χ4v) is 6.57. The Morgan fingerprint density at radius 1 is 0.975 bits per heavy atom. The minimum absolute atomic E-state index is 0.0335. The number of hydrogen-bond donors (Lipinski definition) is 1. The molecule has 212 valence electrons. The van der Waals surface area contributed by atoms with Crippen molar-refractivity contribution in [1.82, 2.24) is 10.2 Å². The summed E-state index contributed by atoms with van der Waals surface area (Å²) in [7, 11) is -4.16. The van der Waals surface area contributed by atoms with Crippen molar-refractivity contribution in [2.75, 3.05) is 10.8 Å². The molecule has 40 heavy (non-hydrogen) atoms. The lowest BCUT2D eigenvalue weighted by Gasteiger charge is -2.32. The second-order valence-corrected chi connectivity index (χ2v) is 12.8. The van der Waals surface area contributed by atoms with Crippen molar-refractivity contribution < 1.29 is 18.0 Å². The number of anilines is 1. The maximum Gasteiger partial charge on any atom is 0.264 e. The van der Waals surface area contributed by atoms with Crippen LogP contribution in [0.1, 0.15) is 43.7 Å². The van der Waals surface area contributed by atoms with Crippen molar-refractivity contribution in [2.24, 2.45) is 0 Å². The van der Waals surface area contributed by atoms with Gasteiger partial charge in [-0.15, -0.1) is 0 Å². The Kier molecular flexibility index (Phi) is 9.77. The molecule has 1 fully saturated rings. The second kappa shape index (κ2) is 13.1. The predicted octanol–water partition coefficient (Wildman–Crippen LogP) is 5.97. The zero-order chi connectivity index (χ0) is 28.9. The summed E-state index contributed by atoms with van der Waals surface area (Å²) in [5.41, 5.74) is 1.79. The van der Waals surface area contributed by atoms with Crippen molar-refractivity contribution in [3.05, 3.63) is 94.0 Å². The minimum Gasteiger partial charge on any atom is -0.352 e. The van der Waals surface area contributed by atoms with E-state index in [0.717, 1.165) is 35.6 Å². The van der Waals surface area contributed by atoms with Crippen molar-refractivity contribution in [2.45, 2.75) is 63.1 Å². The van der Waals surface area contributed by atoms with Gasteiger partial charge in [0, 0.05) is 22.6 Å². The van der Waals surface area contributed by atoms with Gasteiger partial charge in [-0.25, -0.2) is 8.42 Å². The lowest BCUT2D eigenvalue weighted by molar-refractivity contribution is -0.139. The molecule has 4 rings (SSSR count). The van der Waals surface area contributed by atoms with Crippen LogP contribution in [0, 0.1) is 6.92 Å². The first-order chi connectivity index (χ1) is 19.1. The van der Waals surface area contributed by atoms with Crippen molar-refractivity contribution in [3.63, 3.8) is 0 Å². The second-order valence-electron chi connectivity index (χ2n) is 10.1. The van der Waals surface area contributed by atoms with Crippen LogP contribution in [0.15, 0.2) is 77.7 Å². The predicted molar refractivity (Wildman–Crippen MR) is 159 cm³/mol. The number of carbonyl (C=O) groups excluding carboxylic acids is 2. The van der Waals surface area contributed by atoms with E-state index in [1.54, 1.807) is 61.5 Å².